The lowest BCUT2D eigenvalue weighted by Crippen LogP contribution is -2.40. The van der Waals surface area contributed by atoms with Gasteiger partial charge in [-0.2, -0.15) is 11.8 Å². The molecular formula is C10H17N3O5S. The van der Waals surface area contributed by atoms with Crippen LogP contribution in [0.2, 0.25) is 0 Å². The van der Waals surface area contributed by atoms with E-state index in [0.717, 1.165) is 0 Å². The van der Waals surface area contributed by atoms with Crippen LogP contribution in [-0.2, 0) is 14.4 Å². The van der Waals surface area contributed by atoms with Gasteiger partial charge in [-0.1, -0.05) is 0 Å². The quantitative estimate of drug-likeness (QED) is 0.453. The molecule has 1 atom stereocenters. The van der Waals surface area contributed by atoms with E-state index in [-0.39, 0.29) is 12.2 Å². The minimum absolute atomic E-state index is 0.0415. The van der Waals surface area contributed by atoms with Crippen molar-refractivity contribution in [1.82, 2.24) is 16.0 Å². The maximum absolute atomic E-state index is 11.2. The smallest absolute Gasteiger partial charge is 0.326 e. The van der Waals surface area contributed by atoms with Crippen molar-refractivity contribution >= 4 is 35.6 Å². The summed E-state index contributed by atoms with van der Waals surface area (Å²) in [5.74, 6) is -1.59. The van der Waals surface area contributed by atoms with Gasteiger partial charge in [-0.25, -0.2) is 9.59 Å². The summed E-state index contributed by atoms with van der Waals surface area (Å²) < 4.78 is 0. The van der Waals surface area contributed by atoms with E-state index in [0.29, 0.717) is 5.75 Å². The Hall–Kier alpha value is -1.77. The third kappa shape index (κ3) is 8.89. The Morgan fingerprint density at radius 1 is 1.26 bits per heavy atom. The highest BCUT2D eigenvalue weighted by atomic mass is 32.2. The predicted molar refractivity (Wildman–Crippen MR) is 69.8 cm³/mol. The summed E-state index contributed by atoms with van der Waals surface area (Å²) in [6, 6.07) is -1.56. The number of carbonyl (C=O) groups is 4. The molecule has 0 aliphatic heterocycles. The Morgan fingerprint density at radius 2 is 1.89 bits per heavy atom. The number of urea groups is 1. The molecular weight excluding hydrogens is 274 g/mol. The van der Waals surface area contributed by atoms with Crippen molar-refractivity contribution in [3.63, 3.8) is 0 Å². The zero-order chi connectivity index (χ0) is 14.8. The minimum atomic E-state index is -1.12. The molecule has 19 heavy (non-hydrogen) atoms. The zero-order valence-corrected chi connectivity index (χ0v) is 11.5. The monoisotopic (exact) mass is 291 g/mol. The zero-order valence-electron chi connectivity index (χ0n) is 10.7. The molecule has 4 amide bonds. The number of carboxylic acid groups (broad SMARTS) is 1. The van der Waals surface area contributed by atoms with Gasteiger partial charge in [-0.05, 0) is 12.2 Å². The van der Waals surface area contributed by atoms with E-state index in [1.54, 1.807) is 0 Å². The van der Waals surface area contributed by atoms with Gasteiger partial charge in [0.25, 0.3) is 0 Å². The Balaban J connectivity index is 3.88. The second-order valence-corrected chi connectivity index (χ2v) is 4.67. The van der Waals surface area contributed by atoms with Crippen LogP contribution in [0.3, 0.4) is 0 Å². The lowest BCUT2D eigenvalue weighted by Gasteiger charge is -2.12. The van der Waals surface area contributed by atoms with Gasteiger partial charge in [0.05, 0.1) is 5.75 Å². The third-order valence-electron chi connectivity index (χ3n) is 1.94. The molecule has 0 aliphatic rings. The van der Waals surface area contributed by atoms with E-state index in [1.807, 2.05) is 0 Å². The Bertz CT molecular complexity index is 361. The number of amides is 4. The number of nitrogens with one attached hydrogen (secondary N) is 3. The third-order valence-corrected chi connectivity index (χ3v) is 2.93. The van der Waals surface area contributed by atoms with Gasteiger partial charge in [-0.3, -0.25) is 14.9 Å². The maximum atomic E-state index is 11.2. The van der Waals surface area contributed by atoms with Crippen LogP contribution >= 0.6 is 11.8 Å². The second-order valence-electron chi connectivity index (χ2n) is 3.56. The van der Waals surface area contributed by atoms with Gasteiger partial charge < -0.3 is 15.7 Å². The first-order chi connectivity index (χ1) is 8.86. The fraction of sp³-hybridized carbons (Fsp3) is 0.600. The standard InChI is InChI=1S/C10H17N3O5S/c1-6(14)12-7(9(16)17)3-4-19-5-8(15)13-10(18)11-2/h7H,3-5H2,1-2H3,(H,12,14)(H,16,17)(H2,11,13,15,18). The molecule has 1 unspecified atom stereocenters. The molecule has 0 aromatic rings. The van der Waals surface area contributed by atoms with Crippen molar-refractivity contribution in [2.45, 2.75) is 19.4 Å². The van der Waals surface area contributed by atoms with Crippen LogP contribution < -0.4 is 16.0 Å². The Morgan fingerprint density at radius 3 is 2.37 bits per heavy atom. The van der Waals surface area contributed by atoms with Crippen molar-refractivity contribution in [2.24, 2.45) is 0 Å². The maximum Gasteiger partial charge on any atom is 0.326 e. The fourth-order valence-corrected chi connectivity index (χ4v) is 1.90. The molecule has 0 radical (unpaired) electrons. The molecule has 4 N–H and O–H groups in total. The SMILES string of the molecule is CNC(=O)NC(=O)CSCCC(NC(C)=O)C(=O)O. The van der Waals surface area contributed by atoms with Gasteiger partial charge in [0, 0.05) is 14.0 Å². The number of hydrogen-bond acceptors (Lipinski definition) is 5. The minimum Gasteiger partial charge on any atom is -0.480 e. The summed E-state index contributed by atoms with van der Waals surface area (Å²) in [5, 5.41) is 15.4. The van der Waals surface area contributed by atoms with E-state index in [4.69, 9.17) is 5.11 Å². The van der Waals surface area contributed by atoms with Crippen LogP contribution in [0.4, 0.5) is 4.79 Å². The van der Waals surface area contributed by atoms with E-state index >= 15 is 0 Å². The molecule has 0 aliphatic carbocycles. The van der Waals surface area contributed by atoms with Crippen LogP contribution in [0, 0.1) is 0 Å². The summed E-state index contributed by atoms with van der Waals surface area (Å²) >= 11 is 1.18. The second kappa shape index (κ2) is 9.20. The van der Waals surface area contributed by atoms with Crippen LogP contribution in [0.15, 0.2) is 0 Å². The molecule has 0 bridgehead atoms. The molecule has 0 spiro atoms. The fourth-order valence-electron chi connectivity index (χ4n) is 1.09. The van der Waals surface area contributed by atoms with Gasteiger partial charge >= 0.3 is 12.0 Å². The predicted octanol–water partition coefficient (Wildman–Crippen LogP) is -0.845. The van der Waals surface area contributed by atoms with Crippen LogP contribution in [0.5, 0.6) is 0 Å². The molecule has 108 valence electrons. The molecule has 0 heterocycles. The average molecular weight is 291 g/mol. The van der Waals surface area contributed by atoms with E-state index in [9.17, 15) is 19.2 Å². The van der Waals surface area contributed by atoms with Crippen molar-refractivity contribution in [1.29, 1.82) is 0 Å². The molecule has 0 saturated carbocycles. The lowest BCUT2D eigenvalue weighted by molar-refractivity contribution is -0.141. The molecule has 0 fully saturated rings. The molecule has 8 nitrogen and oxygen atoms in total. The number of carbonyl (C=O) groups excluding carboxylic acids is 3. The van der Waals surface area contributed by atoms with E-state index in [1.165, 1.54) is 25.7 Å². The Labute approximate surface area is 114 Å². The number of rotatable bonds is 7. The summed E-state index contributed by atoms with van der Waals surface area (Å²) in [4.78, 5) is 43.5. The topological polar surface area (TPSA) is 125 Å². The van der Waals surface area contributed by atoms with Crippen LogP contribution in [0.25, 0.3) is 0 Å². The number of carboxylic acids is 1. The average Bonchev–Trinajstić information content (AvgIpc) is 2.32. The van der Waals surface area contributed by atoms with Crippen LogP contribution in [-0.4, -0.2) is 53.5 Å². The summed E-state index contributed by atoms with van der Waals surface area (Å²) in [7, 11) is 1.39. The number of imide groups is 1. The molecule has 9 heteroatoms. The molecule has 0 aromatic carbocycles. The Kier molecular flexibility index (Phi) is 8.34. The molecule has 0 aromatic heterocycles. The van der Waals surface area contributed by atoms with Crippen molar-refractivity contribution < 1.29 is 24.3 Å². The summed E-state index contributed by atoms with van der Waals surface area (Å²) in [6.07, 6.45) is 0.201. The van der Waals surface area contributed by atoms with Gasteiger partial charge in [0.1, 0.15) is 6.04 Å². The molecule has 0 saturated heterocycles. The summed E-state index contributed by atoms with van der Waals surface area (Å²) in [6.45, 7) is 1.24. The van der Waals surface area contributed by atoms with Crippen molar-refractivity contribution in [3.05, 3.63) is 0 Å². The number of hydrogen-bond donors (Lipinski definition) is 4. The van der Waals surface area contributed by atoms with Crippen molar-refractivity contribution in [3.8, 4) is 0 Å². The van der Waals surface area contributed by atoms with Gasteiger partial charge in [-0.15, -0.1) is 0 Å². The van der Waals surface area contributed by atoms with E-state index in [2.05, 4.69) is 16.0 Å². The summed E-state index contributed by atoms with van der Waals surface area (Å²) in [5.41, 5.74) is 0. The first kappa shape index (κ1) is 17.2. The van der Waals surface area contributed by atoms with Gasteiger partial charge in [0.15, 0.2) is 0 Å². The van der Waals surface area contributed by atoms with Gasteiger partial charge in [0.2, 0.25) is 11.8 Å². The number of thioether (sulfide) groups is 1. The highest BCUT2D eigenvalue weighted by Gasteiger charge is 2.17. The highest BCUT2D eigenvalue weighted by molar-refractivity contribution is 7.99. The normalized spacial score (nSPS) is 11.3. The highest BCUT2D eigenvalue weighted by Crippen LogP contribution is 2.05. The first-order valence-corrected chi connectivity index (χ1v) is 6.61. The lowest BCUT2D eigenvalue weighted by atomic mass is 10.2. The first-order valence-electron chi connectivity index (χ1n) is 5.46. The van der Waals surface area contributed by atoms with Crippen LogP contribution in [0.1, 0.15) is 13.3 Å². The van der Waals surface area contributed by atoms with E-state index < -0.39 is 29.9 Å². The number of aliphatic carboxylic acids is 1. The molecule has 0 rings (SSSR count). The van der Waals surface area contributed by atoms with Crippen molar-refractivity contribution in [2.75, 3.05) is 18.6 Å². The largest absolute Gasteiger partial charge is 0.480 e.